The normalized spacial score (nSPS) is 15.1. The van der Waals surface area contributed by atoms with Crippen molar-refractivity contribution in [3.63, 3.8) is 0 Å². The molecule has 3 aromatic rings. The van der Waals surface area contributed by atoms with Gasteiger partial charge in [-0.2, -0.15) is 5.10 Å². The molecule has 0 atom stereocenters. The lowest BCUT2D eigenvalue weighted by Gasteiger charge is -2.46. The lowest BCUT2D eigenvalue weighted by molar-refractivity contribution is 0.0955. The summed E-state index contributed by atoms with van der Waals surface area (Å²) in [5.41, 5.74) is 8.64. The molecular weight excluding hydrogens is 396 g/mol. The van der Waals surface area contributed by atoms with E-state index in [0.717, 1.165) is 11.3 Å². The minimum atomic E-state index is -0.243. The zero-order valence-corrected chi connectivity index (χ0v) is 19.3. The van der Waals surface area contributed by atoms with Crippen molar-refractivity contribution in [1.29, 1.82) is 0 Å². The van der Waals surface area contributed by atoms with Crippen LogP contribution in [-0.2, 0) is 0 Å². The fraction of sp³-hybridized carbons (Fsp3) is 0.259. The van der Waals surface area contributed by atoms with Gasteiger partial charge in [-0.05, 0) is 82.2 Å². The summed E-state index contributed by atoms with van der Waals surface area (Å²) in [7, 11) is 0. The van der Waals surface area contributed by atoms with Crippen molar-refractivity contribution < 1.29 is 4.79 Å². The highest BCUT2D eigenvalue weighted by molar-refractivity contribution is 5.98. The quantitative estimate of drug-likeness (QED) is 0.423. The van der Waals surface area contributed by atoms with E-state index in [9.17, 15) is 4.79 Å². The number of allylic oxidation sites excluding steroid dienone is 1. The predicted octanol–water partition coefficient (Wildman–Crippen LogP) is 5.65. The average molecular weight is 427 g/mol. The van der Waals surface area contributed by atoms with Crippen molar-refractivity contribution in [2.45, 2.75) is 46.2 Å². The third-order valence-electron chi connectivity index (χ3n) is 5.82. The van der Waals surface area contributed by atoms with Crippen LogP contribution >= 0.6 is 0 Å². The maximum absolute atomic E-state index is 12.8. The van der Waals surface area contributed by atoms with Gasteiger partial charge in [0.1, 0.15) is 0 Å². The van der Waals surface area contributed by atoms with Crippen molar-refractivity contribution in [2.24, 2.45) is 5.10 Å². The highest BCUT2D eigenvalue weighted by Gasteiger charge is 2.32. The molecule has 0 saturated heterocycles. The molecule has 0 radical (unpaired) electrons. The number of rotatable bonds is 5. The molecule has 0 aliphatic carbocycles. The van der Waals surface area contributed by atoms with Crippen LogP contribution in [0.1, 0.15) is 56.1 Å². The Kier molecular flexibility index (Phi) is 5.74. The van der Waals surface area contributed by atoms with Gasteiger partial charge in [-0.15, -0.1) is 0 Å². The van der Waals surface area contributed by atoms with Crippen molar-refractivity contribution >= 4 is 23.4 Å². The third kappa shape index (κ3) is 4.11. The summed E-state index contributed by atoms with van der Waals surface area (Å²) in [5.74, 6) is -0.243. The standard InChI is InChI=1S/C27H30N4O/c1-19(2)31-25-13-12-21(16-23(25)20(3)17-27(31,4)5)18-28-29-26(32)22-10-6-7-11-24(22)30-14-8-9-15-30/h6-19H,1-5H3,(H,29,32)/b28-18-. The Labute approximate surface area is 190 Å². The molecule has 5 nitrogen and oxygen atoms in total. The van der Waals surface area contributed by atoms with Gasteiger partial charge in [0.05, 0.1) is 23.0 Å². The maximum atomic E-state index is 12.8. The molecule has 0 saturated carbocycles. The summed E-state index contributed by atoms with van der Waals surface area (Å²) in [5, 5.41) is 4.23. The summed E-state index contributed by atoms with van der Waals surface area (Å²) >= 11 is 0. The Morgan fingerprint density at radius 2 is 1.75 bits per heavy atom. The smallest absolute Gasteiger partial charge is 0.273 e. The number of carbonyl (C=O) groups excluding carboxylic acids is 1. The number of amides is 1. The molecule has 164 valence electrons. The molecule has 32 heavy (non-hydrogen) atoms. The minimum Gasteiger partial charge on any atom is -0.360 e. The molecule has 2 heterocycles. The minimum absolute atomic E-state index is 0.0397. The topological polar surface area (TPSA) is 49.6 Å². The first-order valence-electron chi connectivity index (χ1n) is 11.0. The number of anilines is 1. The number of para-hydroxylation sites is 1. The van der Waals surface area contributed by atoms with Gasteiger partial charge in [-0.25, -0.2) is 5.43 Å². The van der Waals surface area contributed by atoms with Gasteiger partial charge in [-0.3, -0.25) is 4.79 Å². The van der Waals surface area contributed by atoms with E-state index in [1.165, 1.54) is 16.8 Å². The summed E-state index contributed by atoms with van der Waals surface area (Å²) in [4.78, 5) is 15.2. The number of aromatic nitrogens is 1. The Morgan fingerprint density at radius 3 is 2.47 bits per heavy atom. The van der Waals surface area contributed by atoms with Crippen LogP contribution in [0.2, 0.25) is 0 Å². The molecule has 1 aliphatic rings. The van der Waals surface area contributed by atoms with Crippen molar-refractivity contribution in [1.82, 2.24) is 9.99 Å². The number of nitrogens with zero attached hydrogens (tertiary/aromatic N) is 3. The summed E-state index contributed by atoms with van der Waals surface area (Å²) in [6, 6.07) is 18.1. The van der Waals surface area contributed by atoms with Gasteiger partial charge in [0.15, 0.2) is 0 Å². The highest BCUT2D eigenvalue weighted by Crippen LogP contribution is 2.40. The Balaban J connectivity index is 1.55. The van der Waals surface area contributed by atoms with Crippen LogP contribution in [0.15, 0.2) is 78.2 Å². The average Bonchev–Trinajstić information content (AvgIpc) is 3.28. The zero-order chi connectivity index (χ0) is 22.9. The maximum Gasteiger partial charge on any atom is 0.273 e. The van der Waals surface area contributed by atoms with Crippen molar-refractivity contribution in [3.05, 3.63) is 89.8 Å². The fourth-order valence-electron chi connectivity index (χ4n) is 4.70. The second kappa shape index (κ2) is 8.50. The number of fused-ring (bicyclic) bond motifs is 1. The van der Waals surface area contributed by atoms with Crippen LogP contribution in [0, 0.1) is 0 Å². The first-order chi connectivity index (χ1) is 15.3. The third-order valence-corrected chi connectivity index (χ3v) is 5.82. The van der Waals surface area contributed by atoms with Gasteiger partial charge >= 0.3 is 0 Å². The molecule has 1 aliphatic heterocycles. The molecule has 0 unspecified atom stereocenters. The molecule has 1 aromatic heterocycles. The van der Waals surface area contributed by atoms with Gasteiger partial charge in [0, 0.05) is 29.7 Å². The van der Waals surface area contributed by atoms with Gasteiger partial charge < -0.3 is 9.47 Å². The fourth-order valence-corrected chi connectivity index (χ4v) is 4.70. The number of hydrogen-bond donors (Lipinski definition) is 1. The monoisotopic (exact) mass is 426 g/mol. The van der Waals surface area contributed by atoms with Crippen LogP contribution in [0.3, 0.4) is 0 Å². The van der Waals surface area contributed by atoms with Crippen LogP contribution in [0.5, 0.6) is 0 Å². The van der Waals surface area contributed by atoms with Gasteiger partial charge in [0.2, 0.25) is 0 Å². The van der Waals surface area contributed by atoms with Crippen LogP contribution in [0.25, 0.3) is 11.3 Å². The second-order valence-corrected chi connectivity index (χ2v) is 9.03. The number of carbonyl (C=O) groups is 1. The number of hydrogen-bond acceptors (Lipinski definition) is 3. The second-order valence-electron chi connectivity index (χ2n) is 9.03. The molecule has 0 fully saturated rings. The molecule has 1 N–H and O–H groups in total. The molecule has 1 amide bonds. The van der Waals surface area contributed by atoms with E-state index >= 15 is 0 Å². The summed E-state index contributed by atoms with van der Waals surface area (Å²) in [6.45, 7) is 11.1. The Hall–Kier alpha value is -3.60. The SMILES string of the molecule is CC1=CC(C)(C)N(C(C)C)c2ccc(/C=N\NC(=O)c3ccccc3-n3cccc3)cc21. The molecule has 5 heteroatoms. The van der Waals surface area contributed by atoms with Crippen LogP contribution < -0.4 is 10.3 Å². The number of hydrazone groups is 1. The number of benzene rings is 2. The Morgan fingerprint density at radius 1 is 1.03 bits per heavy atom. The van der Waals surface area contributed by atoms with Crippen LogP contribution in [0.4, 0.5) is 5.69 Å². The molecular formula is C27H30N4O. The molecule has 0 bridgehead atoms. The van der Waals surface area contributed by atoms with Crippen molar-refractivity contribution in [3.8, 4) is 5.69 Å². The zero-order valence-electron chi connectivity index (χ0n) is 19.3. The van der Waals surface area contributed by atoms with Crippen LogP contribution in [-0.4, -0.2) is 28.3 Å². The van der Waals surface area contributed by atoms with Gasteiger partial charge in [0.25, 0.3) is 5.91 Å². The molecule has 4 rings (SSSR count). The largest absolute Gasteiger partial charge is 0.360 e. The van der Waals surface area contributed by atoms with E-state index in [-0.39, 0.29) is 11.4 Å². The summed E-state index contributed by atoms with van der Waals surface area (Å²) < 4.78 is 1.92. The Bertz CT molecular complexity index is 1190. The highest BCUT2D eigenvalue weighted by atomic mass is 16.2. The van der Waals surface area contributed by atoms with Crippen molar-refractivity contribution in [2.75, 3.05) is 4.90 Å². The lowest BCUT2D eigenvalue weighted by Crippen LogP contribution is -2.49. The van der Waals surface area contributed by atoms with E-state index in [2.05, 4.69) is 68.3 Å². The van der Waals surface area contributed by atoms with E-state index in [1.54, 1.807) is 12.3 Å². The van der Waals surface area contributed by atoms with E-state index < -0.39 is 0 Å². The predicted molar refractivity (Wildman–Crippen MR) is 133 cm³/mol. The molecule has 0 spiro atoms. The van der Waals surface area contributed by atoms with E-state index in [0.29, 0.717) is 11.6 Å². The van der Waals surface area contributed by atoms with E-state index in [1.807, 2.05) is 53.4 Å². The van der Waals surface area contributed by atoms with Gasteiger partial charge in [-0.1, -0.05) is 24.3 Å². The van der Waals surface area contributed by atoms with E-state index in [4.69, 9.17) is 0 Å². The summed E-state index contributed by atoms with van der Waals surface area (Å²) in [6.07, 6.45) is 7.85. The first kappa shape index (κ1) is 21.6. The number of nitrogens with one attached hydrogen (secondary N) is 1. The lowest BCUT2D eigenvalue weighted by atomic mass is 9.87. The molecule has 2 aromatic carbocycles. The first-order valence-corrected chi connectivity index (χ1v) is 11.0.